The lowest BCUT2D eigenvalue weighted by Gasteiger charge is -2.26. The van der Waals surface area contributed by atoms with Gasteiger partial charge in [-0.15, -0.1) is 0 Å². The molecule has 0 saturated heterocycles. The molecule has 5 nitrogen and oxygen atoms in total. The molecule has 4 N–H and O–H groups in total. The number of hydrogen-bond donors (Lipinski definition) is 3. The number of nitrogens with two attached hydrogens (primary N) is 1. The number of rotatable bonds is 3. The summed E-state index contributed by atoms with van der Waals surface area (Å²) in [5, 5.41) is 17.8. The van der Waals surface area contributed by atoms with Crippen molar-refractivity contribution in [2.75, 3.05) is 6.61 Å². The van der Waals surface area contributed by atoms with Crippen LogP contribution in [0.2, 0.25) is 0 Å². The first-order chi connectivity index (χ1) is 5.69. The summed E-state index contributed by atoms with van der Waals surface area (Å²) in [6.07, 6.45) is -0.234. The zero-order valence-corrected chi connectivity index (χ0v) is 8.20. The van der Waals surface area contributed by atoms with Crippen LogP contribution >= 0.6 is 0 Å². The van der Waals surface area contributed by atoms with Crippen LogP contribution in [0.15, 0.2) is 0 Å². The summed E-state index contributed by atoms with van der Waals surface area (Å²) in [5.41, 5.74) is 2.41. The SMILES string of the molecule is CC(C)(C)OC(=O)C(N)(O)CCO. The molecule has 5 heteroatoms. The molecular weight excluding hydrogens is 174 g/mol. The van der Waals surface area contributed by atoms with Gasteiger partial charge in [-0.05, 0) is 20.8 Å². The van der Waals surface area contributed by atoms with E-state index in [0.717, 1.165) is 0 Å². The number of aliphatic hydroxyl groups is 2. The lowest BCUT2D eigenvalue weighted by atomic mass is 10.1. The second-order valence-corrected chi connectivity index (χ2v) is 3.90. The van der Waals surface area contributed by atoms with Gasteiger partial charge in [0.05, 0.1) is 0 Å². The van der Waals surface area contributed by atoms with Crippen LogP contribution in [0.25, 0.3) is 0 Å². The van der Waals surface area contributed by atoms with Crippen LogP contribution in [0, 0.1) is 0 Å². The third-order valence-corrected chi connectivity index (χ3v) is 1.25. The summed E-state index contributed by atoms with van der Waals surface area (Å²) >= 11 is 0. The predicted molar refractivity (Wildman–Crippen MR) is 46.7 cm³/mol. The molecule has 0 aliphatic carbocycles. The first kappa shape index (κ1) is 12.3. The number of carbonyl (C=O) groups excluding carboxylic acids is 1. The van der Waals surface area contributed by atoms with E-state index in [1.54, 1.807) is 20.8 Å². The zero-order valence-electron chi connectivity index (χ0n) is 8.20. The molecule has 0 radical (unpaired) electrons. The maximum Gasteiger partial charge on any atom is 0.354 e. The average molecular weight is 191 g/mol. The molecule has 1 unspecified atom stereocenters. The smallest absolute Gasteiger partial charge is 0.354 e. The Bertz CT molecular complexity index is 183. The van der Waals surface area contributed by atoms with Crippen LogP contribution in [-0.4, -0.2) is 34.1 Å². The molecule has 0 heterocycles. The highest BCUT2D eigenvalue weighted by Crippen LogP contribution is 2.13. The maximum absolute atomic E-state index is 11.2. The van der Waals surface area contributed by atoms with E-state index in [9.17, 15) is 9.90 Å². The highest BCUT2D eigenvalue weighted by atomic mass is 16.6. The van der Waals surface area contributed by atoms with Gasteiger partial charge in [-0.1, -0.05) is 0 Å². The van der Waals surface area contributed by atoms with E-state index in [1.165, 1.54) is 0 Å². The van der Waals surface area contributed by atoms with Crippen molar-refractivity contribution in [1.82, 2.24) is 0 Å². The van der Waals surface area contributed by atoms with Crippen molar-refractivity contribution in [1.29, 1.82) is 0 Å². The van der Waals surface area contributed by atoms with Gasteiger partial charge in [0.25, 0.3) is 0 Å². The summed E-state index contributed by atoms with van der Waals surface area (Å²) in [6.45, 7) is 4.63. The number of hydrogen-bond acceptors (Lipinski definition) is 5. The van der Waals surface area contributed by atoms with Crippen molar-refractivity contribution in [3.05, 3.63) is 0 Å². The average Bonchev–Trinajstić information content (AvgIpc) is 1.82. The third kappa shape index (κ3) is 4.82. The number of carbonyl (C=O) groups is 1. The molecular formula is C8H17NO4. The van der Waals surface area contributed by atoms with Crippen molar-refractivity contribution < 1.29 is 19.7 Å². The topological polar surface area (TPSA) is 92.8 Å². The van der Waals surface area contributed by atoms with E-state index >= 15 is 0 Å². The van der Waals surface area contributed by atoms with Gasteiger partial charge >= 0.3 is 5.97 Å². The highest BCUT2D eigenvalue weighted by molar-refractivity contribution is 5.78. The number of aliphatic hydroxyl groups excluding tert-OH is 1. The Labute approximate surface area is 77.5 Å². The van der Waals surface area contributed by atoms with Crippen LogP contribution in [0.1, 0.15) is 27.2 Å². The Morgan fingerprint density at radius 3 is 2.23 bits per heavy atom. The van der Waals surface area contributed by atoms with Crippen molar-refractivity contribution in [2.45, 2.75) is 38.5 Å². The Balaban J connectivity index is 4.25. The van der Waals surface area contributed by atoms with Gasteiger partial charge in [0.15, 0.2) is 0 Å². The van der Waals surface area contributed by atoms with Crippen molar-refractivity contribution in [3.63, 3.8) is 0 Å². The van der Waals surface area contributed by atoms with Crippen LogP contribution in [0.3, 0.4) is 0 Å². The Hall–Kier alpha value is -0.650. The fourth-order valence-electron chi connectivity index (χ4n) is 0.639. The zero-order chi connectivity index (χ0) is 10.7. The normalized spacial score (nSPS) is 16.5. The van der Waals surface area contributed by atoms with Gasteiger partial charge < -0.3 is 14.9 Å². The predicted octanol–water partition coefficient (Wildman–Crippen LogP) is -0.642. The Morgan fingerprint density at radius 1 is 1.46 bits per heavy atom. The minimum atomic E-state index is -2.10. The first-order valence-electron chi connectivity index (χ1n) is 4.04. The van der Waals surface area contributed by atoms with E-state index in [4.69, 9.17) is 15.6 Å². The third-order valence-electron chi connectivity index (χ3n) is 1.25. The van der Waals surface area contributed by atoms with Gasteiger partial charge in [0.2, 0.25) is 5.72 Å². The van der Waals surface area contributed by atoms with Crippen LogP contribution in [-0.2, 0) is 9.53 Å². The molecule has 0 amide bonds. The molecule has 78 valence electrons. The van der Waals surface area contributed by atoms with Gasteiger partial charge in [0.1, 0.15) is 5.60 Å². The molecule has 0 spiro atoms. The summed E-state index contributed by atoms with van der Waals surface area (Å²) in [5.74, 6) is -0.922. The molecule has 13 heavy (non-hydrogen) atoms. The van der Waals surface area contributed by atoms with Gasteiger partial charge in [-0.3, -0.25) is 5.73 Å². The van der Waals surface area contributed by atoms with Crippen LogP contribution < -0.4 is 5.73 Å². The molecule has 0 aliphatic rings. The van der Waals surface area contributed by atoms with E-state index in [-0.39, 0.29) is 13.0 Å². The fraction of sp³-hybridized carbons (Fsp3) is 0.875. The molecule has 0 saturated carbocycles. The highest BCUT2D eigenvalue weighted by Gasteiger charge is 2.34. The quantitative estimate of drug-likeness (QED) is 0.407. The molecule has 0 aliphatic heterocycles. The molecule has 0 aromatic rings. The second kappa shape index (κ2) is 4.04. The molecule has 0 rings (SSSR count). The van der Waals surface area contributed by atoms with Gasteiger partial charge in [-0.2, -0.15) is 0 Å². The van der Waals surface area contributed by atoms with Crippen molar-refractivity contribution >= 4 is 5.97 Å². The lowest BCUT2D eigenvalue weighted by molar-refractivity contribution is -0.178. The number of ether oxygens (including phenoxy) is 1. The van der Waals surface area contributed by atoms with Crippen LogP contribution in [0.5, 0.6) is 0 Å². The van der Waals surface area contributed by atoms with Crippen molar-refractivity contribution in [2.24, 2.45) is 5.73 Å². The lowest BCUT2D eigenvalue weighted by Crippen LogP contribution is -2.51. The minimum absolute atomic E-state index is 0.234. The molecule has 0 aromatic carbocycles. The van der Waals surface area contributed by atoms with Crippen molar-refractivity contribution in [3.8, 4) is 0 Å². The summed E-state index contributed by atoms with van der Waals surface area (Å²) in [7, 11) is 0. The molecule has 1 atom stereocenters. The summed E-state index contributed by atoms with van der Waals surface area (Å²) in [4.78, 5) is 11.2. The first-order valence-corrected chi connectivity index (χ1v) is 4.04. The maximum atomic E-state index is 11.2. The van der Waals surface area contributed by atoms with E-state index < -0.39 is 17.3 Å². The summed E-state index contributed by atoms with van der Waals surface area (Å²) < 4.78 is 4.83. The standard InChI is InChI=1S/C8H17NO4/c1-7(2,3)13-6(11)8(9,12)4-5-10/h10,12H,4-5,9H2,1-3H3. The van der Waals surface area contributed by atoms with Gasteiger partial charge in [-0.25, -0.2) is 4.79 Å². The summed E-state index contributed by atoms with van der Waals surface area (Å²) in [6, 6.07) is 0. The Kier molecular flexibility index (Phi) is 3.84. The molecule has 0 bridgehead atoms. The monoisotopic (exact) mass is 191 g/mol. The van der Waals surface area contributed by atoms with E-state index in [2.05, 4.69) is 0 Å². The van der Waals surface area contributed by atoms with Gasteiger partial charge in [0, 0.05) is 13.0 Å². The number of esters is 1. The Morgan fingerprint density at radius 2 is 1.92 bits per heavy atom. The van der Waals surface area contributed by atoms with E-state index in [1.807, 2.05) is 0 Å². The van der Waals surface area contributed by atoms with Crippen LogP contribution in [0.4, 0.5) is 0 Å². The largest absolute Gasteiger partial charge is 0.457 e. The molecule has 0 aromatic heterocycles. The molecule has 0 fully saturated rings. The van der Waals surface area contributed by atoms with E-state index in [0.29, 0.717) is 0 Å². The fourth-order valence-corrected chi connectivity index (χ4v) is 0.639. The minimum Gasteiger partial charge on any atom is -0.457 e. The second-order valence-electron chi connectivity index (χ2n) is 3.90.